The number of Topliss-reactive ketones (excluding diaryl/α,β-unsaturated/α-hetero) is 1. The molecular weight excluding hydrogens is 246 g/mol. The number of nitrogens with zero attached hydrogens (tertiary/aromatic N) is 1. The molecule has 1 unspecified atom stereocenters. The van der Waals surface area contributed by atoms with Crippen LogP contribution in [-0.4, -0.2) is 31.3 Å². The van der Waals surface area contributed by atoms with Gasteiger partial charge >= 0.3 is 0 Å². The van der Waals surface area contributed by atoms with Gasteiger partial charge in [-0.25, -0.2) is 0 Å². The van der Waals surface area contributed by atoms with Crippen molar-refractivity contribution in [2.24, 2.45) is 5.92 Å². The highest BCUT2D eigenvalue weighted by molar-refractivity contribution is 6.32. The fourth-order valence-electron chi connectivity index (χ4n) is 2.38. The highest BCUT2D eigenvalue weighted by Crippen LogP contribution is 2.30. The molecular formula is C15H18ClNO. The molecule has 0 spiro atoms. The standard InChI is InChI=1S/C15H18ClNO/c1-17(2)10-13-8-7-12(15(13)18)9-11-5-3-4-6-14(11)16/h3-6,9,13H,7-8,10H2,1-2H3/b12-9-. The number of hydrogen-bond acceptors (Lipinski definition) is 2. The second kappa shape index (κ2) is 5.68. The monoisotopic (exact) mass is 263 g/mol. The molecule has 0 N–H and O–H groups in total. The normalized spacial score (nSPS) is 22.1. The summed E-state index contributed by atoms with van der Waals surface area (Å²) in [6, 6.07) is 7.64. The quantitative estimate of drug-likeness (QED) is 0.780. The lowest BCUT2D eigenvalue weighted by atomic mass is 10.0. The number of carbonyl (C=O) groups excluding carboxylic acids is 1. The van der Waals surface area contributed by atoms with Crippen molar-refractivity contribution in [1.82, 2.24) is 4.90 Å². The first-order valence-electron chi connectivity index (χ1n) is 6.22. The van der Waals surface area contributed by atoms with Crippen molar-refractivity contribution in [2.45, 2.75) is 12.8 Å². The summed E-state index contributed by atoms with van der Waals surface area (Å²) >= 11 is 6.11. The van der Waals surface area contributed by atoms with Gasteiger partial charge in [-0.3, -0.25) is 4.79 Å². The fraction of sp³-hybridized carbons (Fsp3) is 0.400. The Morgan fingerprint density at radius 2 is 2.11 bits per heavy atom. The third-order valence-corrected chi connectivity index (χ3v) is 3.61. The number of rotatable bonds is 3. The van der Waals surface area contributed by atoms with E-state index in [1.165, 1.54) is 0 Å². The zero-order valence-electron chi connectivity index (χ0n) is 10.8. The molecule has 0 saturated heterocycles. The Hall–Kier alpha value is -1.12. The van der Waals surface area contributed by atoms with E-state index in [-0.39, 0.29) is 11.7 Å². The number of ketones is 1. The molecule has 0 aliphatic heterocycles. The van der Waals surface area contributed by atoms with Gasteiger partial charge in [0.05, 0.1) is 0 Å². The molecule has 0 heterocycles. The van der Waals surface area contributed by atoms with Crippen LogP contribution in [0.15, 0.2) is 29.8 Å². The van der Waals surface area contributed by atoms with Crippen molar-refractivity contribution >= 4 is 23.5 Å². The van der Waals surface area contributed by atoms with Crippen molar-refractivity contribution in [3.05, 3.63) is 40.4 Å². The highest BCUT2D eigenvalue weighted by Gasteiger charge is 2.29. The molecule has 1 atom stereocenters. The molecule has 0 aromatic heterocycles. The van der Waals surface area contributed by atoms with Gasteiger partial charge in [-0.05, 0) is 50.2 Å². The first-order chi connectivity index (χ1) is 8.58. The van der Waals surface area contributed by atoms with E-state index in [2.05, 4.69) is 4.90 Å². The molecule has 1 aliphatic rings. The lowest BCUT2D eigenvalue weighted by Gasteiger charge is -2.13. The van der Waals surface area contributed by atoms with E-state index in [0.29, 0.717) is 5.02 Å². The smallest absolute Gasteiger partial charge is 0.163 e. The maximum atomic E-state index is 12.2. The Bertz CT molecular complexity index is 479. The second-order valence-corrected chi connectivity index (χ2v) is 5.46. The second-order valence-electron chi connectivity index (χ2n) is 5.05. The van der Waals surface area contributed by atoms with Crippen LogP contribution < -0.4 is 0 Å². The topological polar surface area (TPSA) is 20.3 Å². The Morgan fingerprint density at radius 3 is 2.78 bits per heavy atom. The molecule has 96 valence electrons. The summed E-state index contributed by atoms with van der Waals surface area (Å²) < 4.78 is 0. The van der Waals surface area contributed by atoms with E-state index in [4.69, 9.17) is 11.6 Å². The predicted molar refractivity (Wildman–Crippen MR) is 75.7 cm³/mol. The third-order valence-electron chi connectivity index (χ3n) is 3.27. The summed E-state index contributed by atoms with van der Waals surface area (Å²) in [6.07, 6.45) is 3.76. The summed E-state index contributed by atoms with van der Waals surface area (Å²) in [5.74, 6) is 0.428. The first kappa shape index (κ1) is 13.3. The number of carbonyl (C=O) groups is 1. The number of halogens is 1. The number of benzene rings is 1. The molecule has 0 amide bonds. The van der Waals surface area contributed by atoms with Crippen LogP contribution in [0.1, 0.15) is 18.4 Å². The molecule has 2 rings (SSSR count). The van der Waals surface area contributed by atoms with E-state index < -0.39 is 0 Å². The average Bonchev–Trinajstić information content (AvgIpc) is 2.64. The van der Waals surface area contributed by atoms with E-state index in [1.54, 1.807) is 0 Å². The van der Waals surface area contributed by atoms with Gasteiger partial charge in [0.25, 0.3) is 0 Å². The lowest BCUT2D eigenvalue weighted by molar-refractivity contribution is -0.118. The fourth-order valence-corrected chi connectivity index (χ4v) is 2.57. The SMILES string of the molecule is CN(C)CC1CC/C(=C/c2ccccc2Cl)C1=O. The Labute approximate surface area is 113 Å². The summed E-state index contributed by atoms with van der Waals surface area (Å²) in [7, 11) is 4.01. The molecule has 1 aliphatic carbocycles. The summed E-state index contributed by atoms with van der Waals surface area (Å²) in [5.41, 5.74) is 1.85. The van der Waals surface area contributed by atoms with Gasteiger partial charge in [0, 0.05) is 17.5 Å². The molecule has 3 heteroatoms. The Morgan fingerprint density at radius 1 is 1.39 bits per heavy atom. The zero-order chi connectivity index (χ0) is 13.1. The molecule has 1 aromatic carbocycles. The Kier molecular flexibility index (Phi) is 4.20. The molecule has 0 bridgehead atoms. The minimum atomic E-state index is 0.147. The van der Waals surface area contributed by atoms with Crippen molar-refractivity contribution < 1.29 is 4.79 Å². The predicted octanol–water partition coefficient (Wildman–Crippen LogP) is 3.26. The van der Waals surface area contributed by atoms with Crippen LogP contribution in [0.2, 0.25) is 5.02 Å². The molecule has 1 aromatic rings. The summed E-state index contributed by atoms with van der Waals surface area (Å²) in [4.78, 5) is 14.3. The molecule has 1 saturated carbocycles. The van der Waals surface area contributed by atoms with Gasteiger partial charge < -0.3 is 4.90 Å². The summed E-state index contributed by atoms with van der Waals surface area (Å²) in [5, 5.41) is 0.703. The number of hydrogen-bond donors (Lipinski definition) is 0. The average molecular weight is 264 g/mol. The van der Waals surface area contributed by atoms with Gasteiger partial charge in [-0.1, -0.05) is 29.8 Å². The molecule has 1 fully saturated rings. The van der Waals surface area contributed by atoms with Crippen molar-refractivity contribution in [3.8, 4) is 0 Å². The highest BCUT2D eigenvalue weighted by atomic mass is 35.5. The van der Waals surface area contributed by atoms with Crippen molar-refractivity contribution in [3.63, 3.8) is 0 Å². The zero-order valence-corrected chi connectivity index (χ0v) is 11.6. The van der Waals surface area contributed by atoms with Crippen LogP contribution in [0.4, 0.5) is 0 Å². The lowest BCUT2D eigenvalue weighted by Crippen LogP contribution is -2.24. The van der Waals surface area contributed by atoms with Crippen LogP contribution in [0.5, 0.6) is 0 Å². The van der Waals surface area contributed by atoms with Gasteiger partial charge in [0.15, 0.2) is 5.78 Å². The Balaban J connectivity index is 2.16. The third kappa shape index (κ3) is 3.01. The van der Waals surface area contributed by atoms with Gasteiger partial charge in [0.1, 0.15) is 0 Å². The van der Waals surface area contributed by atoms with Crippen LogP contribution in [-0.2, 0) is 4.79 Å². The molecule has 0 radical (unpaired) electrons. The first-order valence-corrected chi connectivity index (χ1v) is 6.60. The minimum absolute atomic E-state index is 0.147. The van der Waals surface area contributed by atoms with E-state index in [0.717, 1.165) is 30.5 Å². The number of allylic oxidation sites excluding steroid dienone is 1. The van der Waals surface area contributed by atoms with Crippen LogP contribution in [0.25, 0.3) is 6.08 Å². The van der Waals surface area contributed by atoms with Gasteiger partial charge in [0.2, 0.25) is 0 Å². The van der Waals surface area contributed by atoms with Crippen LogP contribution in [0.3, 0.4) is 0 Å². The van der Waals surface area contributed by atoms with E-state index in [1.807, 2.05) is 44.4 Å². The minimum Gasteiger partial charge on any atom is -0.309 e. The maximum absolute atomic E-state index is 12.2. The summed E-state index contributed by atoms with van der Waals surface area (Å²) in [6.45, 7) is 0.832. The maximum Gasteiger partial charge on any atom is 0.163 e. The van der Waals surface area contributed by atoms with E-state index >= 15 is 0 Å². The molecule has 18 heavy (non-hydrogen) atoms. The van der Waals surface area contributed by atoms with Crippen LogP contribution in [0, 0.1) is 5.92 Å². The van der Waals surface area contributed by atoms with Crippen LogP contribution >= 0.6 is 11.6 Å². The molecule has 2 nitrogen and oxygen atoms in total. The van der Waals surface area contributed by atoms with Gasteiger partial charge in [-0.15, -0.1) is 0 Å². The largest absolute Gasteiger partial charge is 0.309 e. The van der Waals surface area contributed by atoms with Crippen molar-refractivity contribution in [1.29, 1.82) is 0 Å². The van der Waals surface area contributed by atoms with Crippen molar-refractivity contribution in [2.75, 3.05) is 20.6 Å². The van der Waals surface area contributed by atoms with E-state index in [9.17, 15) is 4.79 Å². The van der Waals surface area contributed by atoms with Gasteiger partial charge in [-0.2, -0.15) is 0 Å².